The highest BCUT2D eigenvalue weighted by Gasteiger charge is 2.36. The van der Waals surface area contributed by atoms with Crippen LogP contribution in [0.15, 0.2) is 0 Å². The van der Waals surface area contributed by atoms with Crippen molar-refractivity contribution in [3.8, 4) is 0 Å². The number of aliphatic hydroxyl groups excluding tert-OH is 2. The average Bonchev–Trinajstić information content (AvgIpc) is 4.16. The summed E-state index contributed by atoms with van der Waals surface area (Å²) in [6.45, 7) is 48.4. The molecule has 8 fully saturated rings. The van der Waals surface area contributed by atoms with Gasteiger partial charge in [-0.2, -0.15) is 0 Å². The molecule has 5 saturated carbocycles. The van der Waals surface area contributed by atoms with Gasteiger partial charge in [0.2, 0.25) is 0 Å². The zero-order chi connectivity index (χ0) is 56.8. The molecule has 75 heavy (non-hydrogen) atoms. The Morgan fingerprint density at radius 3 is 1.32 bits per heavy atom. The number of rotatable bonds is 12. The van der Waals surface area contributed by atoms with Crippen molar-refractivity contribution in [3.05, 3.63) is 0 Å². The van der Waals surface area contributed by atoms with Crippen molar-refractivity contribution >= 4 is 0 Å². The van der Waals surface area contributed by atoms with Crippen LogP contribution in [0.5, 0.6) is 0 Å². The molecular formula is C68H136O7. The fraction of sp³-hybridized carbons (Fsp3) is 1.00. The van der Waals surface area contributed by atoms with E-state index in [1.807, 2.05) is 0 Å². The summed E-state index contributed by atoms with van der Waals surface area (Å²) in [5.41, 5.74) is -0.478. The lowest BCUT2D eigenvalue weighted by Gasteiger charge is -2.37. The summed E-state index contributed by atoms with van der Waals surface area (Å²) in [6, 6.07) is 0. The standard InChI is InChI=1S/C11H22.C10H20.C9H18.3C8H16O.2C7H14O2/c1-4-10-5-7-11(8-6-10)9(2)3;1-8(2)10-6-4-5-9(3)7-10;1-7(2)9-5-4-8(3)6-9;1-6(2)9-8-4-7(3)5-8;1-7(2)6-8-4-3-5-9-8;1-6(2)7-4-3-5-8(7)9;1-6(2)3-7(8)4-9-5-7;1-5(2)6-3-9-4-7(6)8/h9-11H,4-8H2,1-3H3;8-10H,4-7H2,1-3H3;7-9H,4-6H2,1-3H3;6-8H,4-5H2,1-3H3;7-8H,3-6H2,1-2H3;6-9H,3-5H2,1-2H3;6,8H,3-5H2,1-2H3;5-8H,3-4H2,1-2H3. The van der Waals surface area contributed by atoms with Gasteiger partial charge in [0.1, 0.15) is 5.60 Å². The minimum absolute atomic E-state index is 0.00463. The van der Waals surface area contributed by atoms with Crippen LogP contribution in [0.4, 0.5) is 0 Å². The van der Waals surface area contributed by atoms with Crippen LogP contribution in [0.1, 0.15) is 273 Å². The summed E-state index contributed by atoms with van der Waals surface area (Å²) in [4.78, 5) is 0. The Hall–Kier alpha value is -0.280. The van der Waals surface area contributed by atoms with Gasteiger partial charge in [-0.15, -0.1) is 0 Å². The molecule has 0 bridgehead atoms. The Labute approximate surface area is 469 Å². The van der Waals surface area contributed by atoms with E-state index >= 15 is 0 Å². The minimum atomic E-state index is -0.478. The Kier molecular flexibility index (Phi) is 38.8. The zero-order valence-corrected chi connectivity index (χ0v) is 54.0. The van der Waals surface area contributed by atoms with Gasteiger partial charge in [-0.25, -0.2) is 0 Å². The molecule has 5 aliphatic carbocycles. The quantitative estimate of drug-likeness (QED) is 0.179. The molecule has 7 heteroatoms. The highest BCUT2D eigenvalue weighted by atomic mass is 16.5. The number of aliphatic hydroxyl groups is 3. The summed E-state index contributed by atoms with van der Waals surface area (Å²) in [5, 5.41) is 28.0. The van der Waals surface area contributed by atoms with Crippen molar-refractivity contribution in [2.24, 2.45) is 94.7 Å². The van der Waals surface area contributed by atoms with E-state index in [9.17, 15) is 15.3 Å². The fourth-order valence-corrected chi connectivity index (χ4v) is 13.0. The number of hydrogen-bond donors (Lipinski definition) is 3. The lowest BCUT2D eigenvalue weighted by atomic mass is 9.76. The van der Waals surface area contributed by atoms with E-state index in [0.717, 1.165) is 91.2 Å². The minimum Gasteiger partial charge on any atom is -0.393 e. The molecule has 3 aliphatic heterocycles. The van der Waals surface area contributed by atoms with Crippen LogP contribution >= 0.6 is 0 Å². The van der Waals surface area contributed by atoms with E-state index in [2.05, 4.69) is 138 Å². The maximum Gasteiger partial charge on any atom is 0.111 e. The molecule has 0 radical (unpaired) electrons. The molecule has 3 saturated heterocycles. The number of hydrogen-bond acceptors (Lipinski definition) is 7. The van der Waals surface area contributed by atoms with Crippen LogP contribution < -0.4 is 0 Å². The van der Waals surface area contributed by atoms with E-state index in [-0.39, 0.29) is 12.2 Å². The third-order valence-electron chi connectivity index (χ3n) is 18.4. The van der Waals surface area contributed by atoms with E-state index in [0.29, 0.717) is 67.7 Å². The van der Waals surface area contributed by atoms with E-state index in [1.165, 1.54) is 122 Å². The summed E-state index contributed by atoms with van der Waals surface area (Å²) < 4.78 is 21.0. The molecule has 0 aromatic rings. The molecule has 0 aromatic carbocycles. The van der Waals surface area contributed by atoms with E-state index in [4.69, 9.17) is 18.9 Å². The lowest BCUT2D eigenvalue weighted by molar-refractivity contribution is -0.185. The van der Waals surface area contributed by atoms with Gasteiger partial charge < -0.3 is 34.3 Å². The molecule has 0 aromatic heterocycles. The summed E-state index contributed by atoms with van der Waals surface area (Å²) >= 11 is 0. The second-order valence-electron chi connectivity index (χ2n) is 29.0. The van der Waals surface area contributed by atoms with Crippen molar-refractivity contribution in [3.63, 3.8) is 0 Å². The monoisotopic (exact) mass is 1070 g/mol. The fourth-order valence-electron chi connectivity index (χ4n) is 13.0. The molecular weight excluding hydrogens is 929 g/mol. The molecule has 3 heterocycles. The van der Waals surface area contributed by atoms with E-state index in [1.54, 1.807) is 0 Å². The third-order valence-corrected chi connectivity index (χ3v) is 18.4. The molecule has 3 N–H and O–H groups in total. The lowest BCUT2D eigenvalue weighted by Crippen LogP contribution is -2.50. The van der Waals surface area contributed by atoms with Gasteiger partial charge in [0.15, 0.2) is 0 Å². The summed E-state index contributed by atoms with van der Waals surface area (Å²) in [7, 11) is 0. The van der Waals surface area contributed by atoms with Crippen LogP contribution in [0.2, 0.25) is 0 Å². The topological polar surface area (TPSA) is 97.6 Å². The van der Waals surface area contributed by atoms with Gasteiger partial charge in [0, 0.05) is 12.5 Å². The van der Waals surface area contributed by atoms with Crippen molar-refractivity contribution in [1.29, 1.82) is 0 Å². The maximum atomic E-state index is 9.46. The first-order chi connectivity index (χ1) is 35.2. The smallest absolute Gasteiger partial charge is 0.111 e. The first-order valence-corrected chi connectivity index (χ1v) is 32.7. The van der Waals surface area contributed by atoms with Gasteiger partial charge >= 0.3 is 0 Å². The second-order valence-corrected chi connectivity index (χ2v) is 29.0. The molecule has 450 valence electrons. The maximum absolute atomic E-state index is 9.46. The van der Waals surface area contributed by atoms with Gasteiger partial charge in [-0.05, 0) is 186 Å². The molecule has 0 spiro atoms. The highest BCUT2D eigenvalue weighted by molar-refractivity contribution is 4.86. The molecule has 8 aliphatic rings. The first kappa shape index (κ1) is 72.7. The van der Waals surface area contributed by atoms with Crippen molar-refractivity contribution < 1.29 is 34.3 Å². The van der Waals surface area contributed by atoms with Crippen molar-refractivity contribution in [2.75, 3.05) is 33.0 Å². The van der Waals surface area contributed by atoms with Crippen LogP contribution in [-0.4, -0.2) is 84.5 Å². The highest BCUT2D eigenvalue weighted by Crippen LogP contribution is 2.37. The molecule has 7 nitrogen and oxygen atoms in total. The Morgan fingerprint density at radius 1 is 0.493 bits per heavy atom. The molecule has 9 unspecified atom stereocenters. The van der Waals surface area contributed by atoms with Gasteiger partial charge in [-0.1, -0.05) is 176 Å². The van der Waals surface area contributed by atoms with Crippen LogP contribution in [-0.2, 0) is 18.9 Å². The van der Waals surface area contributed by atoms with Crippen LogP contribution in [0.25, 0.3) is 0 Å². The van der Waals surface area contributed by atoms with Crippen molar-refractivity contribution in [1.82, 2.24) is 0 Å². The third kappa shape index (κ3) is 33.3. The Balaban J connectivity index is 0.000000429. The second kappa shape index (κ2) is 40.0. The van der Waals surface area contributed by atoms with Gasteiger partial charge in [0.25, 0.3) is 0 Å². The summed E-state index contributed by atoms with van der Waals surface area (Å²) in [5.74, 6) is 13.4. The predicted octanol–water partition coefficient (Wildman–Crippen LogP) is 18.1. The Bertz CT molecular complexity index is 1280. The van der Waals surface area contributed by atoms with Gasteiger partial charge in [-0.3, -0.25) is 0 Å². The largest absolute Gasteiger partial charge is 0.393 e. The molecule has 0 amide bonds. The normalized spacial score (nSPS) is 32.8. The average molecular weight is 1070 g/mol. The van der Waals surface area contributed by atoms with Crippen molar-refractivity contribution in [2.45, 2.75) is 309 Å². The SMILES string of the molecule is CC(C)C1CCCC1O.CC(C)C1COCC1O.CC(C)CC1(O)COC1.CC(C)CC1CCCO1.CC1CC(OC(C)C)C1.CC1CCC(C(C)C)C1.CC1CCCC(C(C)C)C1.CCC1CCC(C(C)C)CC1. The number of ether oxygens (including phenoxy) is 4. The van der Waals surface area contributed by atoms with Crippen LogP contribution in [0, 0.1) is 94.7 Å². The molecule has 9 atom stereocenters. The van der Waals surface area contributed by atoms with Crippen LogP contribution in [0.3, 0.4) is 0 Å². The Morgan fingerprint density at radius 2 is 1.03 bits per heavy atom. The molecule has 8 rings (SSSR count). The summed E-state index contributed by atoms with van der Waals surface area (Å²) in [6.07, 6.45) is 29.9. The first-order valence-electron chi connectivity index (χ1n) is 32.7. The zero-order valence-electron chi connectivity index (χ0n) is 54.0. The predicted molar refractivity (Wildman–Crippen MR) is 323 cm³/mol. The van der Waals surface area contributed by atoms with E-state index < -0.39 is 5.60 Å². The van der Waals surface area contributed by atoms with Gasteiger partial charge in [0.05, 0.1) is 56.9 Å².